The van der Waals surface area contributed by atoms with Crippen molar-refractivity contribution in [2.45, 2.75) is 26.1 Å². The maximum absolute atomic E-state index is 12.5. The fourth-order valence-corrected chi connectivity index (χ4v) is 3.85. The summed E-state index contributed by atoms with van der Waals surface area (Å²) in [5.41, 5.74) is 3.97. The Labute approximate surface area is 205 Å². The van der Waals surface area contributed by atoms with Crippen LogP contribution in [0.5, 0.6) is 11.5 Å². The molecule has 1 aromatic heterocycles. The van der Waals surface area contributed by atoms with E-state index in [4.69, 9.17) is 14.7 Å². The average Bonchev–Trinajstić information content (AvgIpc) is 3.26. The van der Waals surface area contributed by atoms with Crippen molar-refractivity contribution >= 4 is 22.9 Å². The van der Waals surface area contributed by atoms with Gasteiger partial charge in [-0.05, 0) is 35.4 Å². The molecule has 4 rings (SSSR count). The van der Waals surface area contributed by atoms with Gasteiger partial charge in [-0.3, -0.25) is 4.79 Å². The first-order chi connectivity index (χ1) is 17.2. The van der Waals surface area contributed by atoms with E-state index in [0.717, 1.165) is 27.6 Å². The molecule has 176 valence electrons. The third-order valence-corrected chi connectivity index (χ3v) is 5.63. The first kappa shape index (κ1) is 23.7. The molecule has 0 saturated carbocycles. The highest BCUT2D eigenvalue weighted by atomic mass is 16.5. The van der Waals surface area contributed by atoms with Crippen LogP contribution in [0.3, 0.4) is 0 Å². The second-order valence-corrected chi connectivity index (χ2v) is 8.01. The Balaban J connectivity index is 1.37. The lowest BCUT2D eigenvalue weighted by Crippen LogP contribution is -2.20. The van der Waals surface area contributed by atoms with Crippen molar-refractivity contribution in [1.82, 2.24) is 9.88 Å². The first-order valence-electron chi connectivity index (χ1n) is 11.4. The molecule has 4 aromatic rings. The Hall–Kier alpha value is -4.50. The highest BCUT2D eigenvalue weighted by molar-refractivity contribution is 5.96. The lowest BCUT2D eigenvalue weighted by Gasteiger charge is -2.12. The molecule has 0 bridgehead atoms. The summed E-state index contributed by atoms with van der Waals surface area (Å²) in [6.07, 6.45) is 5.75. The zero-order valence-corrected chi connectivity index (χ0v) is 19.6. The number of para-hydroxylation sites is 1. The van der Waals surface area contributed by atoms with Gasteiger partial charge in [0.25, 0.3) is 0 Å². The van der Waals surface area contributed by atoms with E-state index in [0.29, 0.717) is 37.6 Å². The maximum Gasteiger partial charge on any atom is 0.244 e. The van der Waals surface area contributed by atoms with Crippen LogP contribution in [0, 0.1) is 11.3 Å². The van der Waals surface area contributed by atoms with Crippen molar-refractivity contribution in [3.63, 3.8) is 0 Å². The summed E-state index contributed by atoms with van der Waals surface area (Å²) in [4.78, 5) is 12.5. The fourth-order valence-electron chi connectivity index (χ4n) is 3.85. The van der Waals surface area contributed by atoms with Gasteiger partial charge in [-0.1, -0.05) is 54.6 Å². The molecule has 0 fully saturated rings. The molecule has 0 saturated heterocycles. The number of methoxy groups -OCH3 is 1. The molecule has 0 unspecified atom stereocenters. The van der Waals surface area contributed by atoms with E-state index in [-0.39, 0.29) is 5.91 Å². The summed E-state index contributed by atoms with van der Waals surface area (Å²) in [6, 6.07) is 25.7. The number of carbonyl (C=O) groups is 1. The molecule has 1 heterocycles. The Morgan fingerprint density at radius 2 is 1.83 bits per heavy atom. The number of hydrogen-bond acceptors (Lipinski definition) is 4. The summed E-state index contributed by atoms with van der Waals surface area (Å²) < 4.78 is 13.4. The molecule has 1 amide bonds. The molecule has 1 N–H and O–H groups in total. The molecular weight excluding hydrogens is 438 g/mol. The van der Waals surface area contributed by atoms with E-state index in [1.165, 1.54) is 6.08 Å². The van der Waals surface area contributed by atoms with Crippen molar-refractivity contribution in [3.05, 3.63) is 102 Å². The van der Waals surface area contributed by atoms with Gasteiger partial charge in [0.2, 0.25) is 5.91 Å². The molecule has 3 aromatic carbocycles. The van der Waals surface area contributed by atoms with Crippen molar-refractivity contribution in [3.8, 4) is 17.6 Å². The number of ether oxygens (including phenoxy) is 2. The number of nitriles is 1. The van der Waals surface area contributed by atoms with Crippen LogP contribution in [0.2, 0.25) is 0 Å². The molecule has 35 heavy (non-hydrogen) atoms. The van der Waals surface area contributed by atoms with Gasteiger partial charge in [-0.25, -0.2) is 0 Å². The van der Waals surface area contributed by atoms with E-state index in [2.05, 4.69) is 11.4 Å². The SMILES string of the molecule is COc1cc(CNC(=O)/C=C/c2cn(CCC#N)c3ccccc23)ccc1OCc1ccccc1. The number of carbonyl (C=O) groups excluding carboxylic acids is 1. The maximum atomic E-state index is 12.5. The van der Waals surface area contributed by atoms with Gasteiger partial charge in [0.1, 0.15) is 6.61 Å². The summed E-state index contributed by atoms with van der Waals surface area (Å²) in [6.45, 7) is 1.43. The first-order valence-corrected chi connectivity index (χ1v) is 11.4. The van der Waals surface area contributed by atoms with Crippen LogP contribution in [-0.4, -0.2) is 17.6 Å². The van der Waals surface area contributed by atoms with Crippen LogP contribution in [0.1, 0.15) is 23.1 Å². The number of hydrogen-bond donors (Lipinski definition) is 1. The zero-order chi connectivity index (χ0) is 24.5. The Morgan fingerprint density at radius 3 is 2.63 bits per heavy atom. The van der Waals surface area contributed by atoms with E-state index in [9.17, 15) is 4.79 Å². The number of nitrogens with one attached hydrogen (secondary N) is 1. The fraction of sp³-hybridized carbons (Fsp3) is 0.172. The van der Waals surface area contributed by atoms with Crippen LogP contribution >= 0.6 is 0 Å². The third kappa shape index (κ3) is 6.10. The van der Waals surface area contributed by atoms with Crippen molar-refractivity contribution in [2.24, 2.45) is 0 Å². The van der Waals surface area contributed by atoms with Crippen molar-refractivity contribution < 1.29 is 14.3 Å². The minimum Gasteiger partial charge on any atom is -0.493 e. The minimum absolute atomic E-state index is 0.192. The number of aryl methyl sites for hydroxylation is 1. The highest BCUT2D eigenvalue weighted by Gasteiger charge is 2.08. The number of benzene rings is 3. The molecule has 0 spiro atoms. The number of aromatic nitrogens is 1. The lowest BCUT2D eigenvalue weighted by atomic mass is 10.1. The van der Waals surface area contributed by atoms with Gasteiger partial charge in [0.15, 0.2) is 11.5 Å². The van der Waals surface area contributed by atoms with Gasteiger partial charge < -0.3 is 19.4 Å². The standard InChI is InChI=1S/C29H27N3O3/c1-34-28-18-23(12-14-27(28)35-21-22-8-3-2-4-9-22)19-31-29(33)15-13-24-20-32(17-7-16-30)26-11-6-5-10-25(24)26/h2-6,8-15,18,20H,7,17,19,21H2,1H3,(H,31,33)/b15-13+. The van der Waals surface area contributed by atoms with E-state index >= 15 is 0 Å². The van der Waals surface area contributed by atoms with Gasteiger partial charge in [0.05, 0.1) is 19.6 Å². The Kier molecular flexibility index (Phi) is 7.82. The summed E-state index contributed by atoms with van der Waals surface area (Å²) in [7, 11) is 1.60. The molecule has 6 nitrogen and oxygen atoms in total. The Bertz CT molecular complexity index is 1370. The molecule has 0 radical (unpaired) electrons. The number of amides is 1. The zero-order valence-electron chi connectivity index (χ0n) is 19.6. The molecule has 0 aliphatic rings. The van der Waals surface area contributed by atoms with Crippen LogP contribution in [0.4, 0.5) is 0 Å². The average molecular weight is 466 g/mol. The highest BCUT2D eigenvalue weighted by Crippen LogP contribution is 2.29. The third-order valence-electron chi connectivity index (χ3n) is 5.63. The smallest absolute Gasteiger partial charge is 0.244 e. The monoisotopic (exact) mass is 465 g/mol. The second-order valence-electron chi connectivity index (χ2n) is 8.01. The molecule has 6 heteroatoms. The summed E-state index contributed by atoms with van der Waals surface area (Å²) >= 11 is 0. The van der Waals surface area contributed by atoms with E-state index in [1.807, 2.05) is 89.6 Å². The molecule has 0 aliphatic heterocycles. The van der Waals surface area contributed by atoms with Gasteiger partial charge in [-0.15, -0.1) is 0 Å². The van der Waals surface area contributed by atoms with Crippen LogP contribution in [0.15, 0.2) is 85.1 Å². The van der Waals surface area contributed by atoms with Crippen molar-refractivity contribution in [1.29, 1.82) is 5.26 Å². The van der Waals surface area contributed by atoms with E-state index in [1.54, 1.807) is 7.11 Å². The predicted octanol–water partition coefficient (Wildman–Crippen LogP) is 5.47. The summed E-state index contributed by atoms with van der Waals surface area (Å²) in [5, 5.41) is 12.9. The minimum atomic E-state index is -0.192. The predicted molar refractivity (Wildman–Crippen MR) is 137 cm³/mol. The molecular formula is C29H27N3O3. The van der Waals surface area contributed by atoms with Gasteiger partial charge >= 0.3 is 0 Å². The van der Waals surface area contributed by atoms with Crippen LogP contribution < -0.4 is 14.8 Å². The van der Waals surface area contributed by atoms with Crippen LogP contribution in [0.25, 0.3) is 17.0 Å². The van der Waals surface area contributed by atoms with Crippen molar-refractivity contribution in [2.75, 3.05) is 7.11 Å². The quantitative estimate of drug-likeness (QED) is 0.315. The summed E-state index contributed by atoms with van der Waals surface area (Å²) in [5.74, 6) is 1.08. The number of rotatable bonds is 10. The van der Waals surface area contributed by atoms with Gasteiger partial charge in [-0.2, -0.15) is 5.26 Å². The van der Waals surface area contributed by atoms with Gasteiger partial charge in [0, 0.05) is 41.8 Å². The van der Waals surface area contributed by atoms with E-state index < -0.39 is 0 Å². The second kappa shape index (κ2) is 11.6. The number of nitrogens with zero attached hydrogens (tertiary/aromatic N) is 2. The molecule has 0 atom stereocenters. The number of fused-ring (bicyclic) bond motifs is 1. The lowest BCUT2D eigenvalue weighted by molar-refractivity contribution is -0.116. The van der Waals surface area contributed by atoms with Crippen LogP contribution in [-0.2, 0) is 24.5 Å². The Morgan fingerprint density at radius 1 is 1.03 bits per heavy atom. The largest absolute Gasteiger partial charge is 0.493 e. The normalized spacial score (nSPS) is 10.9. The molecule has 0 aliphatic carbocycles. The topological polar surface area (TPSA) is 76.3 Å².